The maximum Gasteiger partial charge on any atom is 0.573 e. The number of ether oxygens (including phenoxy) is 1. The molecule has 156 valence electrons. The Labute approximate surface area is 162 Å². The van der Waals surface area contributed by atoms with Gasteiger partial charge < -0.3 is 10.1 Å². The molecule has 6 nitrogen and oxygen atoms in total. The van der Waals surface area contributed by atoms with Gasteiger partial charge in [-0.2, -0.15) is 0 Å². The van der Waals surface area contributed by atoms with Crippen molar-refractivity contribution in [3.63, 3.8) is 0 Å². The molecule has 0 bridgehead atoms. The number of carbonyl (C=O) groups is 1. The lowest BCUT2D eigenvalue weighted by molar-refractivity contribution is -0.274. The van der Waals surface area contributed by atoms with Crippen LogP contribution < -0.4 is 10.1 Å². The van der Waals surface area contributed by atoms with Crippen molar-refractivity contribution in [3.05, 3.63) is 29.8 Å². The third-order valence-electron chi connectivity index (χ3n) is 5.28. The maximum absolute atomic E-state index is 12.5. The molecule has 0 radical (unpaired) electrons. The largest absolute Gasteiger partial charge is 0.573 e. The molecule has 0 spiro atoms. The summed E-state index contributed by atoms with van der Waals surface area (Å²) in [6.07, 6.45) is -1.66. The van der Waals surface area contributed by atoms with E-state index in [0.29, 0.717) is 13.0 Å². The summed E-state index contributed by atoms with van der Waals surface area (Å²) in [5.41, 5.74) is 0.213. The lowest BCUT2D eigenvalue weighted by Crippen LogP contribution is -2.57. The van der Waals surface area contributed by atoms with Crippen LogP contribution in [-0.4, -0.2) is 55.7 Å². The number of amides is 1. The Bertz CT molecular complexity index is 813. The second kappa shape index (κ2) is 8.28. The summed E-state index contributed by atoms with van der Waals surface area (Å²) in [6, 6.07) is 5.46. The van der Waals surface area contributed by atoms with Gasteiger partial charge in [-0.3, -0.25) is 9.69 Å². The van der Waals surface area contributed by atoms with Gasteiger partial charge in [-0.15, -0.1) is 13.2 Å². The highest BCUT2D eigenvalue weighted by molar-refractivity contribution is 7.92. The van der Waals surface area contributed by atoms with E-state index in [-0.39, 0.29) is 42.1 Å². The van der Waals surface area contributed by atoms with Gasteiger partial charge in [0.25, 0.3) is 0 Å². The molecule has 1 amide bonds. The van der Waals surface area contributed by atoms with Crippen molar-refractivity contribution in [2.24, 2.45) is 0 Å². The first-order chi connectivity index (χ1) is 13.2. The van der Waals surface area contributed by atoms with Gasteiger partial charge in [0.2, 0.25) is 5.91 Å². The molecule has 1 aliphatic heterocycles. The SMILES string of the molecule is O=C(CN1CCS(=O)(=O)[C@H]2CCCC[C@H]21)NCc1ccccc1OC(F)(F)F. The fourth-order valence-electron chi connectivity index (χ4n) is 3.98. The molecule has 3 rings (SSSR count). The van der Waals surface area contributed by atoms with Crippen LogP contribution in [0.3, 0.4) is 0 Å². The van der Waals surface area contributed by atoms with E-state index in [4.69, 9.17) is 0 Å². The molecule has 0 aromatic heterocycles. The molecule has 2 fully saturated rings. The third kappa shape index (κ3) is 5.16. The number of para-hydroxylation sites is 1. The number of alkyl halides is 3. The molecule has 28 heavy (non-hydrogen) atoms. The van der Waals surface area contributed by atoms with Crippen LogP contribution in [0.2, 0.25) is 0 Å². The zero-order chi connectivity index (χ0) is 20.4. The van der Waals surface area contributed by atoms with E-state index >= 15 is 0 Å². The first kappa shape index (κ1) is 20.9. The van der Waals surface area contributed by atoms with Gasteiger partial charge in [-0.25, -0.2) is 8.42 Å². The fraction of sp³-hybridized carbons (Fsp3) is 0.611. The van der Waals surface area contributed by atoms with E-state index in [1.807, 2.05) is 4.90 Å². The highest BCUT2D eigenvalue weighted by Gasteiger charge is 2.42. The molecule has 1 aliphatic carbocycles. The molecular formula is C18H23F3N2O4S. The summed E-state index contributed by atoms with van der Waals surface area (Å²) in [5.74, 6) is -0.680. The lowest BCUT2D eigenvalue weighted by Gasteiger charge is -2.43. The summed E-state index contributed by atoms with van der Waals surface area (Å²) < 4.78 is 66.0. The van der Waals surface area contributed by atoms with Crippen LogP contribution in [0.1, 0.15) is 31.2 Å². The molecule has 2 atom stereocenters. The number of fused-ring (bicyclic) bond motifs is 1. The molecule has 2 aliphatic rings. The summed E-state index contributed by atoms with van der Waals surface area (Å²) in [5, 5.41) is 2.18. The van der Waals surface area contributed by atoms with Gasteiger partial charge in [-0.1, -0.05) is 31.0 Å². The minimum absolute atomic E-state index is 0.0268. The minimum Gasteiger partial charge on any atom is -0.405 e. The molecule has 1 N–H and O–H groups in total. The Morgan fingerprint density at radius 3 is 2.68 bits per heavy atom. The van der Waals surface area contributed by atoms with Gasteiger partial charge in [0, 0.05) is 24.7 Å². The van der Waals surface area contributed by atoms with Gasteiger partial charge in [0.15, 0.2) is 9.84 Å². The van der Waals surface area contributed by atoms with Crippen LogP contribution in [-0.2, 0) is 21.2 Å². The Balaban J connectivity index is 1.59. The second-order valence-corrected chi connectivity index (χ2v) is 9.50. The molecule has 1 aromatic carbocycles. The zero-order valence-electron chi connectivity index (χ0n) is 15.2. The van der Waals surface area contributed by atoms with Crippen molar-refractivity contribution in [1.29, 1.82) is 0 Å². The van der Waals surface area contributed by atoms with Crippen LogP contribution in [0.5, 0.6) is 5.75 Å². The number of nitrogens with zero attached hydrogens (tertiary/aromatic N) is 1. The lowest BCUT2D eigenvalue weighted by atomic mass is 9.93. The van der Waals surface area contributed by atoms with E-state index in [9.17, 15) is 26.4 Å². The van der Waals surface area contributed by atoms with E-state index in [1.165, 1.54) is 18.2 Å². The first-order valence-corrected chi connectivity index (χ1v) is 10.9. The monoisotopic (exact) mass is 420 g/mol. The molecule has 1 heterocycles. The van der Waals surface area contributed by atoms with Gasteiger partial charge >= 0.3 is 6.36 Å². The van der Waals surface area contributed by atoms with Crippen LogP contribution in [0, 0.1) is 0 Å². The summed E-state index contributed by atoms with van der Waals surface area (Å²) in [4.78, 5) is 14.2. The number of hydrogen-bond acceptors (Lipinski definition) is 5. The molecule has 1 saturated heterocycles. The Morgan fingerprint density at radius 1 is 1.21 bits per heavy atom. The van der Waals surface area contributed by atoms with Crippen LogP contribution in [0.15, 0.2) is 24.3 Å². The number of carbonyl (C=O) groups excluding carboxylic acids is 1. The Morgan fingerprint density at radius 2 is 1.93 bits per heavy atom. The standard InChI is InChI=1S/C18H23F3N2O4S/c19-18(20,21)27-15-7-3-1-5-13(15)11-22-17(24)12-23-9-10-28(25,26)16-8-4-2-6-14(16)23/h1,3,5,7,14,16H,2,4,6,8-12H2,(H,22,24)/t14-,16+/m1/s1. The number of rotatable bonds is 5. The highest BCUT2D eigenvalue weighted by Crippen LogP contribution is 2.32. The Hall–Kier alpha value is -1.81. The predicted octanol–water partition coefficient (Wildman–Crippen LogP) is 2.24. The number of benzene rings is 1. The molecule has 1 saturated carbocycles. The molecule has 0 unspecified atom stereocenters. The first-order valence-electron chi connectivity index (χ1n) is 9.22. The smallest absolute Gasteiger partial charge is 0.405 e. The summed E-state index contributed by atoms with van der Waals surface area (Å²) in [7, 11) is -3.13. The molecule has 1 aromatic rings. The van der Waals surface area contributed by atoms with Crippen molar-refractivity contribution in [2.45, 2.75) is 49.9 Å². The fourth-order valence-corrected chi connectivity index (χ4v) is 6.08. The van der Waals surface area contributed by atoms with Crippen molar-refractivity contribution in [3.8, 4) is 5.75 Å². The van der Waals surface area contributed by atoms with Crippen molar-refractivity contribution in [1.82, 2.24) is 10.2 Å². The average molecular weight is 420 g/mol. The third-order valence-corrected chi connectivity index (χ3v) is 7.51. The average Bonchev–Trinajstić information content (AvgIpc) is 2.62. The number of nitrogens with one attached hydrogen (secondary N) is 1. The van der Waals surface area contributed by atoms with Gasteiger partial charge in [0.05, 0.1) is 17.5 Å². The molecular weight excluding hydrogens is 397 g/mol. The highest BCUT2D eigenvalue weighted by atomic mass is 32.2. The zero-order valence-corrected chi connectivity index (χ0v) is 16.1. The number of sulfone groups is 1. The topological polar surface area (TPSA) is 75.7 Å². The summed E-state index contributed by atoms with van der Waals surface area (Å²) >= 11 is 0. The quantitative estimate of drug-likeness (QED) is 0.791. The van der Waals surface area contributed by atoms with Crippen molar-refractivity contribution >= 4 is 15.7 Å². The van der Waals surface area contributed by atoms with E-state index < -0.39 is 21.4 Å². The van der Waals surface area contributed by atoms with Crippen LogP contribution in [0.4, 0.5) is 13.2 Å². The minimum atomic E-state index is -4.81. The maximum atomic E-state index is 12.5. The Kier molecular flexibility index (Phi) is 6.18. The van der Waals surface area contributed by atoms with E-state index in [0.717, 1.165) is 19.3 Å². The van der Waals surface area contributed by atoms with Crippen molar-refractivity contribution in [2.75, 3.05) is 18.8 Å². The number of hydrogen-bond donors (Lipinski definition) is 1. The van der Waals surface area contributed by atoms with Gasteiger partial charge in [0.1, 0.15) is 5.75 Å². The van der Waals surface area contributed by atoms with Crippen molar-refractivity contribution < 1.29 is 31.1 Å². The summed E-state index contributed by atoms with van der Waals surface area (Å²) in [6.45, 7) is 0.217. The van der Waals surface area contributed by atoms with Crippen LogP contribution >= 0.6 is 0 Å². The van der Waals surface area contributed by atoms with Crippen LogP contribution in [0.25, 0.3) is 0 Å². The molecule has 10 heteroatoms. The predicted molar refractivity (Wildman–Crippen MR) is 96.4 cm³/mol. The van der Waals surface area contributed by atoms with E-state index in [1.54, 1.807) is 6.07 Å². The van der Waals surface area contributed by atoms with E-state index in [2.05, 4.69) is 10.1 Å². The van der Waals surface area contributed by atoms with Gasteiger partial charge in [-0.05, 0) is 18.9 Å². The second-order valence-electron chi connectivity index (χ2n) is 7.16. The number of halogens is 3. The normalized spacial score (nSPS) is 25.0.